The summed E-state index contributed by atoms with van der Waals surface area (Å²) in [5, 5.41) is 0.969. The Morgan fingerprint density at radius 1 is 1.35 bits per heavy atom. The molecular weight excluding hydrogens is 261 g/mol. The summed E-state index contributed by atoms with van der Waals surface area (Å²) in [5.41, 5.74) is 7.03. The lowest BCUT2D eigenvalue weighted by Crippen LogP contribution is -2.50. The highest BCUT2D eigenvalue weighted by molar-refractivity contribution is 6.42. The first-order valence-corrected chi connectivity index (χ1v) is 6.15. The Hall–Kier alpha value is -0.770. The van der Waals surface area contributed by atoms with Crippen molar-refractivity contribution < 1.29 is 9.53 Å². The van der Waals surface area contributed by atoms with Gasteiger partial charge in [-0.2, -0.15) is 0 Å². The monoisotopic (exact) mass is 273 g/mol. The summed E-state index contributed by atoms with van der Waals surface area (Å²) in [4.78, 5) is 11.8. The molecule has 0 fully saturated rings. The number of ether oxygens (including phenoxy) is 1. The molecule has 1 aliphatic rings. The third-order valence-corrected chi connectivity index (χ3v) is 3.66. The van der Waals surface area contributed by atoms with Crippen LogP contribution in [-0.4, -0.2) is 18.1 Å². The first-order valence-electron chi connectivity index (χ1n) is 5.39. The molecule has 1 aliphatic carbocycles. The Kier molecular flexibility index (Phi) is 3.34. The molecule has 1 aromatic carbocycles. The van der Waals surface area contributed by atoms with E-state index in [1.54, 1.807) is 19.1 Å². The first-order chi connectivity index (χ1) is 7.96. The van der Waals surface area contributed by atoms with Crippen molar-refractivity contribution in [3.05, 3.63) is 33.3 Å². The standard InChI is InChI=1S/C12H13Cl2NO2/c1-2-17-11(16)12(15)5-7-3-9(13)10(14)4-8(7)6-12/h3-4H,2,5-6,15H2,1H3. The van der Waals surface area contributed by atoms with Crippen LogP contribution in [0.5, 0.6) is 0 Å². The minimum absolute atomic E-state index is 0.329. The summed E-state index contributed by atoms with van der Waals surface area (Å²) < 4.78 is 4.99. The topological polar surface area (TPSA) is 52.3 Å². The molecule has 0 saturated heterocycles. The number of nitrogens with two attached hydrogens (primary N) is 1. The van der Waals surface area contributed by atoms with Crippen LogP contribution in [0, 0.1) is 0 Å². The van der Waals surface area contributed by atoms with E-state index in [0.717, 1.165) is 11.1 Å². The number of hydrogen-bond acceptors (Lipinski definition) is 3. The second-order valence-electron chi connectivity index (χ2n) is 4.27. The van der Waals surface area contributed by atoms with Gasteiger partial charge in [0.1, 0.15) is 5.54 Å². The van der Waals surface area contributed by atoms with Crippen LogP contribution < -0.4 is 5.73 Å². The molecule has 5 heteroatoms. The highest BCUT2D eigenvalue weighted by atomic mass is 35.5. The van der Waals surface area contributed by atoms with E-state index in [0.29, 0.717) is 29.5 Å². The number of carbonyl (C=O) groups is 1. The molecule has 0 radical (unpaired) electrons. The fraction of sp³-hybridized carbons (Fsp3) is 0.417. The lowest BCUT2D eigenvalue weighted by atomic mass is 9.98. The van der Waals surface area contributed by atoms with Crippen LogP contribution >= 0.6 is 23.2 Å². The van der Waals surface area contributed by atoms with E-state index >= 15 is 0 Å². The van der Waals surface area contributed by atoms with Gasteiger partial charge in [-0.3, -0.25) is 4.79 Å². The minimum atomic E-state index is -0.980. The van der Waals surface area contributed by atoms with Crippen LogP contribution in [0.3, 0.4) is 0 Å². The molecule has 0 aromatic heterocycles. The number of benzene rings is 1. The van der Waals surface area contributed by atoms with Crippen molar-refractivity contribution in [1.82, 2.24) is 0 Å². The maximum Gasteiger partial charge on any atom is 0.326 e. The molecule has 2 N–H and O–H groups in total. The Morgan fingerprint density at radius 3 is 2.24 bits per heavy atom. The lowest BCUT2D eigenvalue weighted by Gasteiger charge is -2.20. The molecule has 0 bridgehead atoms. The van der Waals surface area contributed by atoms with Crippen molar-refractivity contribution in [1.29, 1.82) is 0 Å². The fourth-order valence-corrected chi connectivity index (χ4v) is 2.49. The second kappa shape index (κ2) is 4.48. The predicted molar refractivity (Wildman–Crippen MR) is 67.4 cm³/mol. The van der Waals surface area contributed by atoms with Crippen LogP contribution in [0.15, 0.2) is 12.1 Å². The van der Waals surface area contributed by atoms with Gasteiger partial charge in [0, 0.05) is 12.8 Å². The lowest BCUT2D eigenvalue weighted by molar-refractivity contribution is -0.149. The Morgan fingerprint density at radius 2 is 1.82 bits per heavy atom. The molecule has 1 aromatic rings. The minimum Gasteiger partial charge on any atom is -0.465 e. The zero-order valence-corrected chi connectivity index (χ0v) is 10.9. The number of rotatable bonds is 2. The van der Waals surface area contributed by atoms with Gasteiger partial charge in [0.15, 0.2) is 0 Å². The average molecular weight is 274 g/mol. The van der Waals surface area contributed by atoms with Crippen molar-refractivity contribution in [3.8, 4) is 0 Å². The van der Waals surface area contributed by atoms with Gasteiger partial charge in [0.05, 0.1) is 16.7 Å². The molecule has 0 unspecified atom stereocenters. The molecule has 0 aliphatic heterocycles. The van der Waals surface area contributed by atoms with E-state index in [1.165, 1.54) is 0 Å². The first kappa shape index (κ1) is 12.7. The van der Waals surface area contributed by atoms with E-state index in [1.807, 2.05) is 0 Å². The van der Waals surface area contributed by atoms with Crippen LogP contribution in [0.4, 0.5) is 0 Å². The summed E-state index contributed by atoms with van der Waals surface area (Å²) >= 11 is 11.9. The summed E-state index contributed by atoms with van der Waals surface area (Å²) in [5.74, 6) is -0.372. The number of hydrogen-bond donors (Lipinski definition) is 1. The zero-order valence-electron chi connectivity index (χ0n) is 9.43. The molecule has 0 saturated carbocycles. The largest absolute Gasteiger partial charge is 0.465 e. The van der Waals surface area contributed by atoms with Gasteiger partial charge in [0.2, 0.25) is 0 Å². The fourth-order valence-electron chi connectivity index (χ4n) is 2.12. The second-order valence-corrected chi connectivity index (χ2v) is 5.08. The molecular formula is C12H13Cl2NO2. The molecule has 0 amide bonds. The van der Waals surface area contributed by atoms with E-state index in [2.05, 4.69) is 0 Å². The van der Waals surface area contributed by atoms with E-state index < -0.39 is 5.54 Å². The SMILES string of the molecule is CCOC(=O)C1(N)Cc2cc(Cl)c(Cl)cc2C1. The van der Waals surface area contributed by atoms with Crippen molar-refractivity contribution in [2.24, 2.45) is 5.73 Å². The molecule has 3 nitrogen and oxygen atoms in total. The van der Waals surface area contributed by atoms with Gasteiger partial charge in [-0.15, -0.1) is 0 Å². The van der Waals surface area contributed by atoms with Crippen molar-refractivity contribution in [2.75, 3.05) is 6.61 Å². The van der Waals surface area contributed by atoms with E-state index in [9.17, 15) is 4.79 Å². The molecule has 17 heavy (non-hydrogen) atoms. The highest BCUT2D eigenvalue weighted by Crippen LogP contribution is 2.35. The van der Waals surface area contributed by atoms with Crippen LogP contribution in [0.25, 0.3) is 0 Å². The van der Waals surface area contributed by atoms with Gasteiger partial charge in [-0.1, -0.05) is 23.2 Å². The normalized spacial score (nSPS) is 16.7. The average Bonchev–Trinajstić information content (AvgIpc) is 2.57. The summed E-state index contributed by atoms with van der Waals surface area (Å²) in [7, 11) is 0. The van der Waals surface area contributed by atoms with Gasteiger partial charge < -0.3 is 10.5 Å². The third kappa shape index (κ3) is 2.28. The van der Waals surface area contributed by atoms with E-state index in [-0.39, 0.29) is 5.97 Å². The van der Waals surface area contributed by atoms with Crippen molar-refractivity contribution in [2.45, 2.75) is 25.3 Å². The van der Waals surface area contributed by atoms with Gasteiger partial charge in [0.25, 0.3) is 0 Å². The Labute approximate surface area is 110 Å². The molecule has 2 rings (SSSR count). The summed E-state index contributed by atoms with van der Waals surface area (Å²) in [6, 6.07) is 3.54. The highest BCUT2D eigenvalue weighted by Gasteiger charge is 2.41. The number of fused-ring (bicyclic) bond motifs is 1. The summed E-state index contributed by atoms with van der Waals surface area (Å²) in [6.45, 7) is 2.09. The van der Waals surface area contributed by atoms with Gasteiger partial charge in [-0.25, -0.2) is 0 Å². The van der Waals surface area contributed by atoms with Crippen LogP contribution in [0.2, 0.25) is 10.0 Å². The van der Waals surface area contributed by atoms with E-state index in [4.69, 9.17) is 33.7 Å². The van der Waals surface area contributed by atoms with Gasteiger partial charge >= 0.3 is 5.97 Å². The predicted octanol–water partition coefficient (Wildman–Crippen LogP) is 2.35. The smallest absolute Gasteiger partial charge is 0.326 e. The van der Waals surface area contributed by atoms with Crippen molar-refractivity contribution >= 4 is 29.2 Å². The maximum absolute atomic E-state index is 11.8. The van der Waals surface area contributed by atoms with Crippen LogP contribution in [0.1, 0.15) is 18.1 Å². The zero-order chi connectivity index (χ0) is 12.6. The molecule has 92 valence electrons. The number of esters is 1. The molecule has 0 spiro atoms. The maximum atomic E-state index is 11.8. The molecule has 0 atom stereocenters. The quantitative estimate of drug-likeness (QED) is 0.842. The number of carbonyl (C=O) groups excluding carboxylic acids is 1. The Balaban J connectivity index is 2.29. The van der Waals surface area contributed by atoms with Crippen molar-refractivity contribution in [3.63, 3.8) is 0 Å². The summed E-state index contributed by atoms with van der Waals surface area (Å²) in [6.07, 6.45) is 0.885. The number of halogens is 2. The van der Waals surface area contributed by atoms with Crippen LogP contribution in [-0.2, 0) is 22.4 Å². The third-order valence-electron chi connectivity index (χ3n) is 2.94. The Bertz CT molecular complexity index is 443. The molecule has 0 heterocycles. The van der Waals surface area contributed by atoms with Gasteiger partial charge in [-0.05, 0) is 30.2 Å².